The van der Waals surface area contributed by atoms with Gasteiger partial charge in [0.25, 0.3) is 0 Å². The van der Waals surface area contributed by atoms with Gasteiger partial charge in [-0.2, -0.15) is 0 Å². The van der Waals surface area contributed by atoms with Crippen LogP contribution in [0.25, 0.3) is 0 Å². The van der Waals surface area contributed by atoms with Gasteiger partial charge in [0.2, 0.25) is 0 Å². The van der Waals surface area contributed by atoms with Crippen molar-refractivity contribution in [2.75, 3.05) is 0 Å². The number of aromatic nitrogens is 1. The van der Waals surface area contributed by atoms with Gasteiger partial charge in [0.1, 0.15) is 0 Å². The minimum absolute atomic E-state index is 0.0384. The lowest BCUT2D eigenvalue weighted by atomic mass is 9.65. The quantitative estimate of drug-likeness (QED) is 0.277. The molecule has 2 aliphatic carbocycles. The van der Waals surface area contributed by atoms with Crippen LogP contribution in [0.5, 0.6) is 0 Å². The number of aryl methyl sites for hydroxylation is 1. The van der Waals surface area contributed by atoms with Crippen molar-refractivity contribution in [3.63, 3.8) is 0 Å². The lowest BCUT2D eigenvalue weighted by Gasteiger charge is -2.40. The van der Waals surface area contributed by atoms with Gasteiger partial charge in [-0.15, -0.1) is 0 Å². The largest absolute Gasteiger partial charge is 0.334 e. The van der Waals surface area contributed by atoms with Crippen molar-refractivity contribution in [1.82, 2.24) is 15.6 Å². The average Bonchev–Trinajstić information content (AvgIpc) is 3.27. The van der Waals surface area contributed by atoms with Crippen molar-refractivity contribution in [2.24, 2.45) is 22.2 Å². The highest BCUT2D eigenvalue weighted by atomic mass is 16.2. The SMILES string of the molecule is Cc1ccc(CNC(=O)NC(CC2CCC3=CC(=Nc4cccnc4)C(C=N)CC32C)c2ccccc2)cc1. The molecule has 2 aliphatic rings. The Kier molecular flexibility index (Phi) is 8.01. The first-order valence-corrected chi connectivity index (χ1v) is 13.8. The van der Waals surface area contributed by atoms with Crippen molar-refractivity contribution in [1.29, 1.82) is 5.41 Å². The minimum atomic E-state index is -0.157. The summed E-state index contributed by atoms with van der Waals surface area (Å²) in [5, 5.41) is 14.5. The number of carbonyl (C=O) groups excluding carboxylic acids is 1. The summed E-state index contributed by atoms with van der Waals surface area (Å²) in [5.41, 5.74) is 6.52. The third-order valence-electron chi connectivity index (χ3n) is 8.45. The van der Waals surface area contributed by atoms with Gasteiger partial charge in [-0.05, 0) is 73.3 Å². The molecular weight excluding hydrogens is 482 g/mol. The predicted molar refractivity (Wildman–Crippen MR) is 157 cm³/mol. The molecule has 39 heavy (non-hydrogen) atoms. The number of aliphatic imine (C=N–C) groups is 1. The Morgan fingerprint density at radius 1 is 1.15 bits per heavy atom. The fourth-order valence-corrected chi connectivity index (χ4v) is 6.13. The second-order valence-corrected chi connectivity index (χ2v) is 11.1. The monoisotopic (exact) mass is 519 g/mol. The van der Waals surface area contributed by atoms with E-state index in [4.69, 9.17) is 10.4 Å². The molecule has 2 aromatic carbocycles. The van der Waals surface area contributed by atoms with E-state index >= 15 is 0 Å². The van der Waals surface area contributed by atoms with Gasteiger partial charge in [-0.3, -0.25) is 9.98 Å². The summed E-state index contributed by atoms with van der Waals surface area (Å²) in [6.45, 7) is 4.89. The summed E-state index contributed by atoms with van der Waals surface area (Å²) >= 11 is 0. The summed E-state index contributed by atoms with van der Waals surface area (Å²) in [7, 11) is 0. The number of carbonyl (C=O) groups is 1. The Balaban J connectivity index is 1.33. The van der Waals surface area contributed by atoms with E-state index in [9.17, 15) is 4.79 Å². The number of hydrogen-bond donors (Lipinski definition) is 3. The van der Waals surface area contributed by atoms with Gasteiger partial charge in [0, 0.05) is 30.6 Å². The van der Waals surface area contributed by atoms with E-state index in [0.29, 0.717) is 12.5 Å². The van der Waals surface area contributed by atoms with Crippen LogP contribution in [-0.4, -0.2) is 22.9 Å². The van der Waals surface area contributed by atoms with Crippen molar-refractivity contribution < 1.29 is 4.79 Å². The zero-order valence-electron chi connectivity index (χ0n) is 22.7. The summed E-state index contributed by atoms with van der Waals surface area (Å²) in [6.07, 6.45) is 11.0. The zero-order chi connectivity index (χ0) is 27.2. The number of urea groups is 1. The maximum Gasteiger partial charge on any atom is 0.315 e. The van der Waals surface area contributed by atoms with Gasteiger partial charge in [-0.1, -0.05) is 72.7 Å². The standard InChI is InChI=1S/C33H37N5O/c1-23-10-12-24(13-11-23)21-36-32(39)38-30(25-7-4-3-5-8-25)17-27-14-15-28-18-31(26(20-34)19-33(27,28)2)37-29-9-6-16-35-22-29/h3-13,16,18,20,22,26-27,30,34H,14-15,17,19,21H2,1-2H3,(H2,36,38,39). The number of hydrogen-bond acceptors (Lipinski definition) is 4. The molecule has 200 valence electrons. The number of nitrogens with one attached hydrogen (secondary N) is 3. The van der Waals surface area contributed by atoms with Crippen LogP contribution in [-0.2, 0) is 6.54 Å². The van der Waals surface area contributed by atoms with E-state index in [1.165, 1.54) is 17.4 Å². The molecule has 6 heteroatoms. The topological polar surface area (TPSA) is 90.2 Å². The second-order valence-electron chi connectivity index (χ2n) is 11.1. The first kappa shape index (κ1) is 26.5. The zero-order valence-corrected chi connectivity index (χ0v) is 22.7. The summed E-state index contributed by atoms with van der Waals surface area (Å²) in [5.74, 6) is 0.342. The van der Waals surface area contributed by atoms with Crippen LogP contribution in [0.4, 0.5) is 10.5 Å². The van der Waals surface area contributed by atoms with Crippen LogP contribution in [0.15, 0.2) is 95.8 Å². The number of amides is 2. The number of benzene rings is 2. The van der Waals surface area contributed by atoms with Crippen molar-refractivity contribution in [3.8, 4) is 0 Å². The van der Waals surface area contributed by atoms with Crippen LogP contribution in [0, 0.1) is 29.6 Å². The minimum Gasteiger partial charge on any atom is -0.334 e. The Morgan fingerprint density at radius 3 is 2.67 bits per heavy atom. The highest BCUT2D eigenvalue weighted by Gasteiger charge is 2.47. The molecule has 1 fully saturated rings. The van der Waals surface area contributed by atoms with E-state index in [1.807, 2.05) is 42.5 Å². The Hall–Kier alpha value is -4.06. The third kappa shape index (κ3) is 6.17. The van der Waals surface area contributed by atoms with Gasteiger partial charge in [0.15, 0.2) is 0 Å². The molecule has 2 amide bonds. The summed E-state index contributed by atoms with van der Waals surface area (Å²) in [4.78, 5) is 22.1. The fraction of sp³-hybridized carbons (Fsp3) is 0.333. The van der Waals surface area contributed by atoms with E-state index < -0.39 is 0 Å². The van der Waals surface area contributed by atoms with Gasteiger partial charge in [-0.25, -0.2) is 4.79 Å². The fourth-order valence-electron chi connectivity index (χ4n) is 6.13. The van der Waals surface area contributed by atoms with Gasteiger partial charge < -0.3 is 16.0 Å². The third-order valence-corrected chi connectivity index (χ3v) is 8.45. The van der Waals surface area contributed by atoms with E-state index in [1.54, 1.807) is 12.4 Å². The number of fused-ring (bicyclic) bond motifs is 1. The summed E-state index contributed by atoms with van der Waals surface area (Å²) < 4.78 is 0. The van der Waals surface area contributed by atoms with Crippen LogP contribution < -0.4 is 10.6 Å². The molecule has 4 unspecified atom stereocenters. The lowest BCUT2D eigenvalue weighted by molar-refractivity contribution is 0.204. The Labute approximate surface area is 231 Å². The molecule has 3 N–H and O–H groups in total. The normalized spacial score (nSPS) is 23.9. The van der Waals surface area contributed by atoms with E-state index in [2.05, 4.69) is 59.8 Å². The van der Waals surface area contributed by atoms with Gasteiger partial charge in [0.05, 0.1) is 17.9 Å². The molecule has 1 aromatic heterocycles. The maximum atomic E-state index is 13.0. The molecule has 1 heterocycles. The highest BCUT2D eigenvalue weighted by Crippen LogP contribution is 2.56. The molecule has 0 saturated heterocycles. The second kappa shape index (κ2) is 11.8. The van der Waals surface area contributed by atoms with Crippen molar-refractivity contribution >= 4 is 23.6 Å². The molecule has 0 radical (unpaired) electrons. The average molecular weight is 520 g/mol. The van der Waals surface area contributed by atoms with Crippen LogP contribution in [0.1, 0.15) is 55.3 Å². The van der Waals surface area contributed by atoms with Crippen LogP contribution in [0.3, 0.4) is 0 Å². The van der Waals surface area contributed by atoms with Crippen molar-refractivity contribution in [3.05, 3.63) is 107 Å². The molecule has 0 spiro atoms. The molecule has 0 bridgehead atoms. The van der Waals surface area contributed by atoms with Crippen molar-refractivity contribution in [2.45, 2.75) is 52.1 Å². The molecule has 1 saturated carbocycles. The molecule has 3 aromatic rings. The molecule has 0 aliphatic heterocycles. The van der Waals surface area contributed by atoms with Crippen LogP contribution in [0.2, 0.25) is 0 Å². The number of rotatable bonds is 8. The van der Waals surface area contributed by atoms with Crippen LogP contribution >= 0.6 is 0 Å². The molecular formula is C33H37N5O. The Morgan fingerprint density at radius 2 is 1.95 bits per heavy atom. The highest BCUT2D eigenvalue weighted by molar-refractivity contribution is 6.07. The lowest BCUT2D eigenvalue weighted by Crippen LogP contribution is -2.40. The number of pyridine rings is 1. The summed E-state index contributed by atoms with van der Waals surface area (Å²) in [6, 6.07) is 22.1. The number of nitrogens with zero attached hydrogens (tertiary/aromatic N) is 2. The predicted octanol–water partition coefficient (Wildman–Crippen LogP) is 7.11. The molecule has 6 nitrogen and oxygen atoms in total. The maximum absolute atomic E-state index is 13.0. The molecule has 5 rings (SSSR count). The molecule has 4 atom stereocenters. The number of allylic oxidation sites excluding steroid dienone is 2. The Bertz CT molecular complexity index is 1350. The van der Waals surface area contributed by atoms with E-state index in [0.717, 1.165) is 48.2 Å². The van der Waals surface area contributed by atoms with E-state index in [-0.39, 0.29) is 23.4 Å². The smallest absolute Gasteiger partial charge is 0.315 e. The van der Waals surface area contributed by atoms with Gasteiger partial charge >= 0.3 is 6.03 Å². The first-order chi connectivity index (χ1) is 18.9. The first-order valence-electron chi connectivity index (χ1n) is 13.8.